The smallest absolute Gasteiger partial charge is 0.345 e. The fourth-order valence-electron chi connectivity index (χ4n) is 1.67. The number of aromatic carboxylic acids is 1. The maximum atomic E-state index is 12.1. The van der Waals surface area contributed by atoms with Crippen LogP contribution in [0.4, 0.5) is 0 Å². The van der Waals surface area contributed by atoms with Crippen molar-refractivity contribution in [1.82, 2.24) is 4.72 Å². The molecule has 0 aliphatic carbocycles. The summed E-state index contributed by atoms with van der Waals surface area (Å²) in [6.45, 7) is 5.59. The molecule has 1 rings (SSSR count). The number of carboxylic acid groups (broad SMARTS) is 1. The molecule has 0 saturated heterocycles. The molecule has 1 heterocycles. The molecule has 0 bridgehead atoms. The summed E-state index contributed by atoms with van der Waals surface area (Å²) >= 11 is 0.757. The first kappa shape index (κ1) is 15.1. The van der Waals surface area contributed by atoms with E-state index < -0.39 is 21.5 Å². The summed E-state index contributed by atoms with van der Waals surface area (Å²) in [7, 11) is -3.65. The van der Waals surface area contributed by atoms with Crippen LogP contribution in [0.2, 0.25) is 0 Å². The van der Waals surface area contributed by atoms with Crippen molar-refractivity contribution in [3.8, 4) is 0 Å². The van der Waals surface area contributed by atoms with Crippen LogP contribution in [0.3, 0.4) is 0 Å². The second-order valence-electron chi connectivity index (χ2n) is 4.66. The molecule has 0 aliphatic heterocycles. The third-order valence-electron chi connectivity index (χ3n) is 2.34. The summed E-state index contributed by atoms with van der Waals surface area (Å²) in [5, 5.41) is 8.78. The van der Waals surface area contributed by atoms with Gasteiger partial charge in [-0.05, 0) is 32.4 Å². The number of carboxylic acids is 1. The quantitative estimate of drug-likeness (QED) is 0.842. The zero-order valence-electron chi connectivity index (χ0n) is 10.6. The first-order valence-electron chi connectivity index (χ1n) is 5.55. The van der Waals surface area contributed by atoms with E-state index in [1.165, 1.54) is 12.1 Å². The fourth-order valence-corrected chi connectivity index (χ4v) is 4.26. The van der Waals surface area contributed by atoms with Crippen molar-refractivity contribution in [3.63, 3.8) is 0 Å². The zero-order valence-corrected chi connectivity index (χ0v) is 12.2. The van der Waals surface area contributed by atoms with Crippen molar-refractivity contribution in [1.29, 1.82) is 0 Å². The van der Waals surface area contributed by atoms with E-state index in [1.54, 1.807) is 13.8 Å². The summed E-state index contributed by atoms with van der Waals surface area (Å²) in [6.07, 6.45) is 1.57. The van der Waals surface area contributed by atoms with E-state index in [9.17, 15) is 13.2 Å². The van der Waals surface area contributed by atoms with Gasteiger partial charge in [0, 0.05) is 5.54 Å². The average molecular weight is 291 g/mol. The Kier molecular flexibility index (Phi) is 4.52. The molecule has 1 aromatic rings. The highest BCUT2D eigenvalue weighted by atomic mass is 32.2. The van der Waals surface area contributed by atoms with Gasteiger partial charge in [0.25, 0.3) is 10.0 Å². The Morgan fingerprint density at radius 1 is 1.44 bits per heavy atom. The molecule has 0 fully saturated rings. The molecule has 0 spiro atoms. The fraction of sp³-hybridized carbons (Fsp3) is 0.545. The monoisotopic (exact) mass is 291 g/mol. The van der Waals surface area contributed by atoms with Crippen LogP contribution < -0.4 is 4.72 Å². The molecule has 2 N–H and O–H groups in total. The van der Waals surface area contributed by atoms with Crippen LogP contribution in [-0.4, -0.2) is 25.0 Å². The highest BCUT2D eigenvalue weighted by Crippen LogP contribution is 2.24. The average Bonchev–Trinajstić information content (AvgIpc) is 2.64. The summed E-state index contributed by atoms with van der Waals surface area (Å²) in [5.41, 5.74) is -0.541. The summed E-state index contributed by atoms with van der Waals surface area (Å²) in [4.78, 5) is 10.7. The lowest BCUT2D eigenvalue weighted by atomic mass is 10.0. The van der Waals surface area contributed by atoms with Gasteiger partial charge in [-0.15, -0.1) is 11.3 Å². The van der Waals surface area contributed by atoms with Gasteiger partial charge in [0.2, 0.25) is 0 Å². The molecule has 1 aromatic heterocycles. The van der Waals surface area contributed by atoms with Crippen LogP contribution in [-0.2, 0) is 10.0 Å². The minimum atomic E-state index is -3.65. The van der Waals surface area contributed by atoms with E-state index in [-0.39, 0.29) is 9.09 Å². The van der Waals surface area contributed by atoms with Crippen LogP contribution >= 0.6 is 11.3 Å². The predicted octanol–water partition coefficient (Wildman–Crippen LogP) is 2.30. The van der Waals surface area contributed by atoms with E-state index in [0.717, 1.165) is 17.8 Å². The Hall–Kier alpha value is -0.920. The summed E-state index contributed by atoms with van der Waals surface area (Å²) in [6, 6.07) is 2.62. The van der Waals surface area contributed by atoms with Gasteiger partial charge in [0.05, 0.1) is 0 Å². The third kappa shape index (κ3) is 3.79. The van der Waals surface area contributed by atoms with E-state index in [4.69, 9.17) is 5.11 Å². The van der Waals surface area contributed by atoms with Crippen molar-refractivity contribution in [2.24, 2.45) is 0 Å². The second-order valence-corrected chi connectivity index (χ2v) is 7.66. The molecule has 0 unspecified atom stereocenters. The van der Waals surface area contributed by atoms with Crippen molar-refractivity contribution >= 4 is 27.3 Å². The van der Waals surface area contributed by atoms with Gasteiger partial charge >= 0.3 is 5.97 Å². The SMILES string of the molecule is CCCC(C)(C)NS(=O)(=O)c1ccc(C(=O)O)s1. The maximum absolute atomic E-state index is 12.1. The normalized spacial score (nSPS) is 12.6. The molecule has 18 heavy (non-hydrogen) atoms. The Balaban J connectivity index is 2.96. The van der Waals surface area contributed by atoms with Gasteiger partial charge in [-0.1, -0.05) is 13.3 Å². The number of nitrogens with one attached hydrogen (secondary N) is 1. The van der Waals surface area contributed by atoms with Crippen LogP contribution in [0.15, 0.2) is 16.3 Å². The maximum Gasteiger partial charge on any atom is 0.345 e. The molecule has 0 aliphatic rings. The lowest BCUT2D eigenvalue weighted by molar-refractivity contribution is 0.0702. The van der Waals surface area contributed by atoms with E-state index in [0.29, 0.717) is 6.42 Å². The van der Waals surface area contributed by atoms with Gasteiger partial charge in [0.1, 0.15) is 9.09 Å². The highest BCUT2D eigenvalue weighted by molar-refractivity contribution is 7.91. The predicted molar refractivity (Wildman–Crippen MR) is 70.6 cm³/mol. The number of rotatable bonds is 6. The number of hydrogen-bond donors (Lipinski definition) is 2. The van der Waals surface area contributed by atoms with Crippen molar-refractivity contribution in [3.05, 3.63) is 17.0 Å². The molecule has 102 valence electrons. The Morgan fingerprint density at radius 3 is 2.50 bits per heavy atom. The Labute approximate surface area is 111 Å². The van der Waals surface area contributed by atoms with E-state index in [2.05, 4.69) is 4.72 Å². The number of thiophene rings is 1. The van der Waals surface area contributed by atoms with Gasteiger partial charge in [0.15, 0.2) is 0 Å². The van der Waals surface area contributed by atoms with Crippen LogP contribution in [0, 0.1) is 0 Å². The molecule has 0 amide bonds. The molecule has 0 radical (unpaired) electrons. The Morgan fingerprint density at radius 2 is 2.06 bits per heavy atom. The molecule has 7 heteroatoms. The highest BCUT2D eigenvalue weighted by Gasteiger charge is 2.27. The van der Waals surface area contributed by atoms with Crippen molar-refractivity contribution in [2.45, 2.75) is 43.4 Å². The summed E-state index contributed by atoms with van der Waals surface area (Å²) < 4.78 is 26.8. The van der Waals surface area contributed by atoms with Gasteiger partial charge in [-0.2, -0.15) is 0 Å². The second kappa shape index (κ2) is 5.38. The Bertz CT molecular complexity index is 531. The van der Waals surface area contributed by atoms with Gasteiger partial charge in [-0.3, -0.25) is 0 Å². The molecule has 5 nitrogen and oxygen atoms in total. The van der Waals surface area contributed by atoms with Crippen molar-refractivity contribution in [2.75, 3.05) is 0 Å². The van der Waals surface area contributed by atoms with E-state index >= 15 is 0 Å². The van der Waals surface area contributed by atoms with E-state index in [1.807, 2.05) is 6.92 Å². The lowest BCUT2D eigenvalue weighted by Gasteiger charge is -2.24. The van der Waals surface area contributed by atoms with Gasteiger partial charge in [-0.25, -0.2) is 17.9 Å². The first-order valence-corrected chi connectivity index (χ1v) is 7.85. The first-order chi connectivity index (χ1) is 8.18. The number of carbonyl (C=O) groups is 1. The topological polar surface area (TPSA) is 83.5 Å². The minimum absolute atomic E-state index is 0.0173. The minimum Gasteiger partial charge on any atom is -0.477 e. The molecule has 0 aromatic carbocycles. The van der Waals surface area contributed by atoms with Crippen LogP contribution in [0.5, 0.6) is 0 Å². The van der Waals surface area contributed by atoms with Crippen LogP contribution in [0.25, 0.3) is 0 Å². The molecule has 0 atom stereocenters. The summed E-state index contributed by atoms with van der Waals surface area (Å²) in [5.74, 6) is -1.12. The lowest BCUT2D eigenvalue weighted by Crippen LogP contribution is -2.42. The third-order valence-corrected chi connectivity index (χ3v) is 5.61. The van der Waals surface area contributed by atoms with Crippen LogP contribution in [0.1, 0.15) is 43.3 Å². The largest absolute Gasteiger partial charge is 0.477 e. The molecule has 0 saturated carbocycles. The zero-order chi connectivity index (χ0) is 14.0. The standard InChI is InChI=1S/C11H17NO4S2/c1-4-7-11(2,3)12-18(15,16)9-6-5-8(17-9)10(13)14/h5-6,12H,4,7H2,1-3H3,(H,13,14). The van der Waals surface area contributed by atoms with Crippen molar-refractivity contribution < 1.29 is 18.3 Å². The number of hydrogen-bond acceptors (Lipinski definition) is 4. The molecular formula is C11H17NO4S2. The van der Waals surface area contributed by atoms with Gasteiger partial charge < -0.3 is 5.11 Å². The number of sulfonamides is 1. The molecular weight excluding hydrogens is 274 g/mol.